The molecule has 108 valence electrons. The molecule has 0 radical (unpaired) electrons. The van der Waals surface area contributed by atoms with Gasteiger partial charge in [-0.3, -0.25) is 4.79 Å². The van der Waals surface area contributed by atoms with Crippen LogP contribution in [0.3, 0.4) is 0 Å². The molecule has 1 aromatic rings. The molecule has 0 N–H and O–H groups in total. The van der Waals surface area contributed by atoms with Gasteiger partial charge in [-0.2, -0.15) is 0 Å². The number of amides is 1. The van der Waals surface area contributed by atoms with Gasteiger partial charge in [-0.1, -0.05) is 35.0 Å². The van der Waals surface area contributed by atoms with E-state index in [-0.39, 0.29) is 12.5 Å². The topological polar surface area (TPSA) is 38.8 Å². The van der Waals surface area contributed by atoms with Crippen molar-refractivity contribution in [1.29, 1.82) is 0 Å². The molecule has 1 saturated heterocycles. The first-order chi connectivity index (χ1) is 9.65. The van der Waals surface area contributed by atoms with Crippen LogP contribution in [-0.4, -0.2) is 41.4 Å². The molecular formula is C15H18BrNO3. The van der Waals surface area contributed by atoms with E-state index in [9.17, 15) is 4.79 Å². The minimum absolute atomic E-state index is 0.0239. The van der Waals surface area contributed by atoms with E-state index in [0.717, 1.165) is 19.5 Å². The zero-order chi connectivity index (χ0) is 14.1. The maximum Gasteiger partial charge on any atom is 0.267 e. The number of rotatable bonds is 1. The molecule has 3 unspecified atom stereocenters. The van der Waals surface area contributed by atoms with Crippen LogP contribution in [0.5, 0.6) is 11.5 Å². The number of piperidine rings is 1. The second-order valence-corrected chi connectivity index (χ2v) is 6.61. The fraction of sp³-hybridized carbons (Fsp3) is 0.533. The average Bonchev–Trinajstić information content (AvgIpc) is 2.49. The van der Waals surface area contributed by atoms with Gasteiger partial charge < -0.3 is 14.4 Å². The summed E-state index contributed by atoms with van der Waals surface area (Å²) in [4.78, 5) is 14.7. The normalized spacial score (nSPS) is 29.1. The lowest BCUT2D eigenvalue weighted by Gasteiger charge is -2.37. The molecular weight excluding hydrogens is 322 g/mol. The Morgan fingerprint density at radius 2 is 2.10 bits per heavy atom. The van der Waals surface area contributed by atoms with Crippen molar-refractivity contribution in [1.82, 2.24) is 4.90 Å². The van der Waals surface area contributed by atoms with Crippen molar-refractivity contribution in [3.63, 3.8) is 0 Å². The summed E-state index contributed by atoms with van der Waals surface area (Å²) in [7, 11) is 0. The standard InChI is InChI=1S/C15H18BrNO3/c1-10-6-7-17(8-11(10)16)15(18)14-9-19-12-4-2-3-5-13(12)20-14/h2-5,10-11,14H,6-9H2,1H3. The SMILES string of the molecule is CC1CCN(C(=O)C2COc3ccccc3O2)CC1Br. The average molecular weight is 340 g/mol. The van der Waals surface area contributed by atoms with E-state index in [2.05, 4.69) is 22.9 Å². The van der Waals surface area contributed by atoms with E-state index in [4.69, 9.17) is 9.47 Å². The van der Waals surface area contributed by atoms with Crippen LogP contribution in [0.15, 0.2) is 24.3 Å². The highest BCUT2D eigenvalue weighted by Gasteiger charge is 2.34. The molecule has 1 aromatic carbocycles. The molecule has 4 nitrogen and oxygen atoms in total. The van der Waals surface area contributed by atoms with Crippen LogP contribution in [0, 0.1) is 5.92 Å². The third-order valence-electron chi connectivity index (χ3n) is 3.96. The number of benzene rings is 1. The lowest BCUT2D eigenvalue weighted by atomic mass is 9.98. The number of para-hydroxylation sites is 2. The zero-order valence-corrected chi connectivity index (χ0v) is 13.0. The molecule has 0 bridgehead atoms. The largest absolute Gasteiger partial charge is 0.485 e. The fourth-order valence-electron chi connectivity index (χ4n) is 2.57. The molecule has 0 spiro atoms. The van der Waals surface area contributed by atoms with Crippen molar-refractivity contribution in [3.8, 4) is 11.5 Å². The van der Waals surface area contributed by atoms with Crippen molar-refractivity contribution in [2.24, 2.45) is 5.92 Å². The number of hydrogen-bond acceptors (Lipinski definition) is 3. The predicted molar refractivity (Wildman–Crippen MR) is 79.4 cm³/mol. The van der Waals surface area contributed by atoms with E-state index in [0.29, 0.717) is 22.2 Å². The first-order valence-electron chi connectivity index (χ1n) is 6.96. The number of carbonyl (C=O) groups excluding carboxylic acids is 1. The van der Waals surface area contributed by atoms with Crippen molar-refractivity contribution >= 4 is 21.8 Å². The molecule has 5 heteroatoms. The Morgan fingerprint density at radius 1 is 1.35 bits per heavy atom. The number of nitrogens with zero attached hydrogens (tertiary/aromatic N) is 1. The number of halogens is 1. The van der Waals surface area contributed by atoms with Gasteiger partial charge in [-0.05, 0) is 24.5 Å². The van der Waals surface area contributed by atoms with Gasteiger partial charge >= 0.3 is 0 Å². The Hall–Kier alpha value is -1.23. The summed E-state index contributed by atoms with van der Waals surface area (Å²) in [6.07, 6.45) is 0.490. The Labute approximate surface area is 127 Å². The molecule has 1 amide bonds. The molecule has 0 saturated carbocycles. The number of alkyl halides is 1. The molecule has 2 aliphatic heterocycles. The summed E-state index contributed by atoms with van der Waals surface area (Å²) < 4.78 is 11.4. The smallest absolute Gasteiger partial charge is 0.267 e. The number of hydrogen-bond donors (Lipinski definition) is 0. The monoisotopic (exact) mass is 339 g/mol. The quantitative estimate of drug-likeness (QED) is 0.738. The van der Waals surface area contributed by atoms with Crippen LogP contribution in [0.2, 0.25) is 0 Å². The number of carbonyl (C=O) groups is 1. The highest BCUT2D eigenvalue weighted by atomic mass is 79.9. The fourth-order valence-corrected chi connectivity index (χ4v) is 3.18. The number of likely N-dealkylation sites (tertiary alicyclic amines) is 1. The summed E-state index contributed by atoms with van der Waals surface area (Å²) in [5.74, 6) is 1.99. The molecule has 20 heavy (non-hydrogen) atoms. The van der Waals surface area contributed by atoms with Gasteiger partial charge in [0.1, 0.15) is 6.61 Å². The lowest BCUT2D eigenvalue weighted by Crippen LogP contribution is -2.51. The van der Waals surface area contributed by atoms with Gasteiger partial charge in [0.25, 0.3) is 5.91 Å². The molecule has 0 aromatic heterocycles. The van der Waals surface area contributed by atoms with Crippen LogP contribution in [-0.2, 0) is 4.79 Å². The Bertz CT molecular complexity index is 508. The van der Waals surface area contributed by atoms with Crippen molar-refractivity contribution in [2.45, 2.75) is 24.3 Å². The number of fused-ring (bicyclic) bond motifs is 1. The first kappa shape index (κ1) is 13.7. The molecule has 2 heterocycles. The van der Waals surface area contributed by atoms with E-state index in [1.807, 2.05) is 29.2 Å². The maximum absolute atomic E-state index is 12.5. The summed E-state index contributed by atoms with van der Waals surface area (Å²) in [6, 6.07) is 7.46. The van der Waals surface area contributed by atoms with Crippen molar-refractivity contribution in [3.05, 3.63) is 24.3 Å². The van der Waals surface area contributed by atoms with Crippen molar-refractivity contribution < 1.29 is 14.3 Å². The second kappa shape index (κ2) is 5.64. The third kappa shape index (κ3) is 2.64. The Morgan fingerprint density at radius 3 is 2.85 bits per heavy atom. The molecule has 3 atom stereocenters. The Balaban J connectivity index is 1.67. The highest BCUT2D eigenvalue weighted by molar-refractivity contribution is 9.09. The van der Waals surface area contributed by atoms with Crippen LogP contribution >= 0.6 is 15.9 Å². The van der Waals surface area contributed by atoms with Gasteiger partial charge in [0, 0.05) is 17.9 Å². The molecule has 3 rings (SSSR count). The third-order valence-corrected chi connectivity index (χ3v) is 5.15. The summed E-state index contributed by atoms with van der Waals surface area (Å²) in [6.45, 7) is 4.03. The van der Waals surface area contributed by atoms with Gasteiger partial charge in [0.2, 0.25) is 6.10 Å². The summed E-state index contributed by atoms with van der Waals surface area (Å²) in [5.41, 5.74) is 0. The number of ether oxygens (including phenoxy) is 2. The zero-order valence-electron chi connectivity index (χ0n) is 11.4. The lowest BCUT2D eigenvalue weighted by molar-refractivity contribution is -0.142. The molecule has 0 aliphatic carbocycles. The minimum atomic E-state index is -0.530. The van der Waals surface area contributed by atoms with E-state index in [1.165, 1.54) is 0 Å². The van der Waals surface area contributed by atoms with Crippen molar-refractivity contribution in [2.75, 3.05) is 19.7 Å². The summed E-state index contributed by atoms with van der Waals surface area (Å²) in [5, 5.41) is 0. The highest BCUT2D eigenvalue weighted by Crippen LogP contribution is 2.32. The predicted octanol–water partition coefficient (Wildman–Crippen LogP) is 2.46. The molecule has 1 fully saturated rings. The van der Waals surface area contributed by atoms with E-state index >= 15 is 0 Å². The Kier molecular flexibility index (Phi) is 3.87. The van der Waals surface area contributed by atoms with E-state index < -0.39 is 6.10 Å². The first-order valence-corrected chi connectivity index (χ1v) is 7.88. The summed E-state index contributed by atoms with van der Waals surface area (Å²) >= 11 is 3.65. The van der Waals surface area contributed by atoms with Crippen LogP contribution in [0.4, 0.5) is 0 Å². The van der Waals surface area contributed by atoms with Crippen LogP contribution in [0.1, 0.15) is 13.3 Å². The van der Waals surface area contributed by atoms with Gasteiger partial charge in [-0.15, -0.1) is 0 Å². The molecule has 2 aliphatic rings. The minimum Gasteiger partial charge on any atom is -0.485 e. The van der Waals surface area contributed by atoms with Crippen LogP contribution < -0.4 is 9.47 Å². The maximum atomic E-state index is 12.5. The van der Waals surface area contributed by atoms with E-state index in [1.54, 1.807) is 0 Å². The van der Waals surface area contributed by atoms with Gasteiger partial charge in [0.15, 0.2) is 11.5 Å². The van der Waals surface area contributed by atoms with Gasteiger partial charge in [-0.25, -0.2) is 0 Å². The van der Waals surface area contributed by atoms with Crippen LogP contribution in [0.25, 0.3) is 0 Å². The van der Waals surface area contributed by atoms with Gasteiger partial charge in [0.05, 0.1) is 0 Å². The second-order valence-electron chi connectivity index (χ2n) is 5.43.